The molecule has 0 N–H and O–H groups in total. The molecule has 3 aromatic rings. The van der Waals surface area contributed by atoms with Crippen molar-refractivity contribution in [2.45, 2.75) is 38.1 Å². The Balaban J connectivity index is 2.08. The molecule has 0 radical (unpaired) electrons. The summed E-state index contributed by atoms with van der Waals surface area (Å²) in [5.74, 6) is -0.168. The van der Waals surface area contributed by atoms with Crippen LogP contribution < -0.4 is 4.74 Å². The summed E-state index contributed by atoms with van der Waals surface area (Å²) in [6.45, 7) is 8.55. The van der Waals surface area contributed by atoms with Gasteiger partial charge >= 0.3 is 5.97 Å². The van der Waals surface area contributed by atoms with Gasteiger partial charge in [0.25, 0.3) is 0 Å². The third-order valence-electron chi connectivity index (χ3n) is 5.65. The van der Waals surface area contributed by atoms with E-state index < -0.39 is 13.9 Å². The highest BCUT2D eigenvalue weighted by molar-refractivity contribution is 6.69. The van der Waals surface area contributed by atoms with Crippen LogP contribution in [0.1, 0.15) is 29.5 Å². The van der Waals surface area contributed by atoms with Gasteiger partial charge in [0, 0.05) is 11.5 Å². The molecule has 0 amide bonds. The van der Waals surface area contributed by atoms with Crippen molar-refractivity contribution in [2.75, 3.05) is 0 Å². The van der Waals surface area contributed by atoms with Gasteiger partial charge in [-0.15, -0.1) is 0 Å². The van der Waals surface area contributed by atoms with E-state index in [4.69, 9.17) is 9.16 Å². The second-order valence-corrected chi connectivity index (χ2v) is 13.3. The first-order valence-electron chi connectivity index (χ1n) is 10.4. The number of carbonyl (C=O) groups excluding carboxylic acids is 1. The van der Waals surface area contributed by atoms with E-state index in [1.807, 2.05) is 61.5 Å². The fourth-order valence-corrected chi connectivity index (χ4v) is 5.90. The number of benzene rings is 3. The number of esters is 1. The quantitative estimate of drug-likeness (QED) is 0.285. The van der Waals surface area contributed by atoms with E-state index in [9.17, 15) is 4.79 Å². The van der Waals surface area contributed by atoms with Crippen LogP contribution in [0.2, 0.25) is 19.6 Å². The topological polar surface area (TPSA) is 35.5 Å². The van der Waals surface area contributed by atoms with Crippen LogP contribution in [0.4, 0.5) is 0 Å². The molecule has 0 aromatic heterocycles. The Labute approximate surface area is 179 Å². The largest absolute Gasteiger partial charge is 0.426 e. The van der Waals surface area contributed by atoms with Crippen LogP contribution in [-0.2, 0) is 14.8 Å². The van der Waals surface area contributed by atoms with Crippen LogP contribution in [0.5, 0.6) is 5.75 Å². The van der Waals surface area contributed by atoms with Crippen LogP contribution in [0.15, 0.2) is 84.9 Å². The van der Waals surface area contributed by atoms with Crippen molar-refractivity contribution in [2.24, 2.45) is 5.92 Å². The standard InChI is InChI=1S/C26H28O3Si/c1-19-24(22-17-11-12-18-23(22)28-25(19)27)26(29-30(2,3)4,20-13-7-5-8-14-20)21-15-9-6-10-16-21/h5-19,24H,1-4H3/t19-,24+/m0/s1. The normalized spacial score (nSPS) is 19.1. The van der Waals surface area contributed by atoms with E-state index in [1.165, 1.54) is 0 Å². The van der Waals surface area contributed by atoms with Gasteiger partial charge in [0.05, 0.1) is 5.92 Å². The molecule has 0 spiro atoms. The molecule has 1 heterocycles. The van der Waals surface area contributed by atoms with Crippen molar-refractivity contribution in [1.29, 1.82) is 0 Å². The van der Waals surface area contributed by atoms with Gasteiger partial charge in [-0.05, 0) is 36.8 Å². The lowest BCUT2D eigenvalue weighted by Gasteiger charge is -2.49. The van der Waals surface area contributed by atoms with Gasteiger partial charge in [-0.1, -0.05) is 85.8 Å². The van der Waals surface area contributed by atoms with Gasteiger partial charge in [0.15, 0.2) is 8.32 Å². The summed E-state index contributed by atoms with van der Waals surface area (Å²) in [6.07, 6.45) is 0. The molecule has 4 heteroatoms. The number of fused-ring (bicyclic) bond motifs is 1. The van der Waals surface area contributed by atoms with E-state index in [1.54, 1.807) is 0 Å². The van der Waals surface area contributed by atoms with E-state index in [0.29, 0.717) is 5.75 Å². The third kappa shape index (κ3) is 3.62. The molecule has 0 unspecified atom stereocenters. The number of para-hydroxylation sites is 1. The van der Waals surface area contributed by atoms with E-state index in [0.717, 1.165) is 16.7 Å². The minimum atomic E-state index is -2.07. The Hall–Kier alpha value is -2.69. The van der Waals surface area contributed by atoms with Crippen LogP contribution in [-0.4, -0.2) is 14.3 Å². The Morgan fingerprint density at radius 1 is 0.800 bits per heavy atom. The maximum Gasteiger partial charge on any atom is 0.314 e. The number of carbonyl (C=O) groups is 1. The third-order valence-corrected chi connectivity index (χ3v) is 6.58. The summed E-state index contributed by atoms with van der Waals surface area (Å²) < 4.78 is 12.8. The number of hydrogen-bond donors (Lipinski definition) is 0. The summed E-state index contributed by atoms with van der Waals surface area (Å²) >= 11 is 0. The lowest BCUT2D eigenvalue weighted by Crippen LogP contribution is -2.50. The molecule has 30 heavy (non-hydrogen) atoms. The van der Waals surface area contributed by atoms with Crippen LogP contribution in [0, 0.1) is 5.92 Å². The summed E-state index contributed by atoms with van der Waals surface area (Å²) in [5.41, 5.74) is 2.32. The van der Waals surface area contributed by atoms with Crippen LogP contribution in [0.3, 0.4) is 0 Å². The fourth-order valence-electron chi connectivity index (χ4n) is 4.57. The highest BCUT2D eigenvalue weighted by Crippen LogP contribution is 2.54. The molecule has 0 saturated heterocycles. The van der Waals surface area contributed by atoms with Gasteiger partial charge in [-0.2, -0.15) is 0 Å². The van der Waals surface area contributed by atoms with Gasteiger partial charge < -0.3 is 9.16 Å². The monoisotopic (exact) mass is 416 g/mol. The zero-order valence-electron chi connectivity index (χ0n) is 18.0. The number of ether oxygens (including phenoxy) is 1. The molecule has 2 atom stereocenters. The number of hydrogen-bond acceptors (Lipinski definition) is 3. The average Bonchev–Trinajstić information content (AvgIpc) is 2.74. The zero-order chi connectivity index (χ0) is 21.4. The Morgan fingerprint density at radius 3 is 1.83 bits per heavy atom. The van der Waals surface area contributed by atoms with Crippen molar-refractivity contribution in [1.82, 2.24) is 0 Å². The predicted molar refractivity (Wildman–Crippen MR) is 122 cm³/mol. The lowest BCUT2D eigenvalue weighted by atomic mass is 9.67. The first kappa shape index (κ1) is 20.6. The zero-order valence-corrected chi connectivity index (χ0v) is 19.0. The molecule has 0 saturated carbocycles. The lowest BCUT2D eigenvalue weighted by molar-refractivity contribution is -0.143. The molecule has 0 aliphatic carbocycles. The van der Waals surface area contributed by atoms with Gasteiger partial charge in [0.2, 0.25) is 0 Å². The Kier molecular flexibility index (Phi) is 5.39. The molecule has 3 aromatic carbocycles. The van der Waals surface area contributed by atoms with Crippen molar-refractivity contribution in [3.63, 3.8) is 0 Å². The molecule has 1 aliphatic heterocycles. The van der Waals surface area contributed by atoms with Gasteiger partial charge in [-0.25, -0.2) is 0 Å². The maximum atomic E-state index is 13.0. The Bertz CT molecular complexity index is 985. The highest BCUT2D eigenvalue weighted by atomic mass is 28.4. The molecular formula is C26H28O3Si. The first-order chi connectivity index (χ1) is 14.3. The summed E-state index contributed by atoms with van der Waals surface area (Å²) in [6, 6.07) is 28.5. The van der Waals surface area contributed by atoms with Crippen molar-refractivity contribution in [3.8, 4) is 5.75 Å². The SMILES string of the molecule is C[C@@H]1C(=O)Oc2ccccc2[C@@H]1C(O[Si](C)(C)C)(c1ccccc1)c1ccccc1. The molecule has 0 bridgehead atoms. The average molecular weight is 417 g/mol. The highest BCUT2D eigenvalue weighted by Gasteiger charge is 2.53. The molecule has 154 valence electrons. The smallest absolute Gasteiger partial charge is 0.314 e. The summed E-state index contributed by atoms with van der Waals surface area (Å²) in [7, 11) is -2.07. The molecule has 0 fully saturated rings. The molecule has 1 aliphatic rings. The minimum Gasteiger partial charge on any atom is -0.426 e. The van der Waals surface area contributed by atoms with Crippen molar-refractivity contribution < 1.29 is 14.0 Å². The van der Waals surface area contributed by atoms with Crippen LogP contribution >= 0.6 is 0 Å². The van der Waals surface area contributed by atoms with Crippen molar-refractivity contribution >= 4 is 14.3 Å². The maximum absolute atomic E-state index is 13.0. The minimum absolute atomic E-state index is 0.214. The molecular weight excluding hydrogens is 388 g/mol. The second kappa shape index (κ2) is 7.86. The molecule has 3 nitrogen and oxygen atoms in total. The number of rotatable bonds is 5. The van der Waals surface area contributed by atoms with Crippen LogP contribution in [0.25, 0.3) is 0 Å². The van der Waals surface area contributed by atoms with Crippen molar-refractivity contribution in [3.05, 3.63) is 102 Å². The summed E-state index contributed by atoms with van der Waals surface area (Å²) in [4.78, 5) is 13.0. The van der Waals surface area contributed by atoms with E-state index in [2.05, 4.69) is 50.0 Å². The van der Waals surface area contributed by atoms with Gasteiger partial charge in [0.1, 0.15) is 11.4 Å². The first-order valence-corrected chi connectivity index (χ1v) is 13.9. The van der Waals surface area contributed by atoms with E-state index in [-0.39, 0.29) is 17.8 Å². The second-order valence-electron chi connectivity index (χ2n) is 8.91. The van der Waals surface area contributed by atoms with E-state index >= 15 is 0 Å². The predicted octanol–water partition coefficient (Wildman–Crippen LogP) is 6.12. The fraction of sp³-hybridized carbons (Fsp3) is 0.269. The Morgan fingerprint density at radius 2 is 1.30 bits per heavy atom. The van der Waals surface area contributed by atoms with Gasteiger partial charge in [-0.3, -0.25) is 4.79 Å². The summed E-state index contributed by atoms with van der Waals surface area (Å²) in [5, 5.41) is 0. The molecule has 4 rings (SSSR count).